The molecule has 1 aromatic carbocycles. The number of ketones is 1. The Morgan fingerprint density at radius 1 is 1.22 bits per heavy atom. The molecule has 2 aliphatic rings. The van der Waals surface area contributed by atoms with Gasteiger partial charge in [0.15, 0.2) is 5.78 Å². The summed E-state index contributed by atoms with van der Waals surface area (Å²) in [6.07, 6.45) is 4.44. The standard InChI is InChI=1S/C25H32F2N2O3/c1-2-32-22(30)10-4-3-7-14-29-20-9-6-5-8-19(20)23-21(29)12-11-18(24(23)31)16-28-15-13-25(26,27)17-28/h5-6,8-9,18H,2-4,7,10-17H2,1H3. The van der Waals surface area contributed by atoms with E-state index in [0.717, 1.165) is 54.4 Å². The molecule has 1 unspecified atom stereocenters. The fourth-order valence-corrected chi connectivity index (χ4v) is 5.19. The third-order valence-electron chi connectivity index (χ3n) is 6.72. The van der Waals surface area contributed by atoms with Crippen molar-refractivity contribution >= 4 is 22.7 Å². The SMILES string of the molecule is CCOC(=O)CCCCCn1c2c(c3ccccc31)C(=O)C(CN1CCC(F)(F)C1)CC2. The number of rotatable bonds is 9. The van der Waals surface area contributed by atoms with Crippen molar-refractivity contribution in [3.63, 3.8) is 0 Å². The number of carbonyl (C=O) groups is 2. The molecule has 1 aromatic heterocycles. The van der Waals surface area contributed by atoms with Crippen LogP contribution in [0.3, 0.4) is 0 Å². The van der Waals surface area contributed by atoms with Crippen LogP contribution in [0, 0.1) is 5.92 Å². The summed E-state index contributed by atoms with van der Waals surface area (Å²) in [5.41, 5.74) is 2.92. The van der Waals surface area contributed by atoms with Crippen LogP contribution in [0.5, 0.6) is 0 Å². The zero-order valence-corrected chi connectivity index (χ0v) is 18.7. The van der Waals surface area contributed by atoms with Gasteiger partial charge in [-0.05, 0) is 38.7 Å². The summed E-state index contributed by atoms with van der Waals surface area (Å²) in [5.74, 6) is -2.91. The summed E-state index contributed by atoms with van der Waals surface area (Å²) in [7, 11) is 0. The van der Waals surface area contributed by atoms with Gasteiger partial charge >= 0.3 is 5.97 Å². The normalized spacial score (nSPS) is 20.6. The minimum Gasteiger partial charge on any atom is -0.466 e. The zero-order valence-electron chi connectivity index (χ0n) is 18.7. The van der Waals surface area contributed by atoms with Gasteiger partial charge in [0.05, 0.1) is 13.2 Å². The average molecular weight is 447 g/mol. The van der Waals surface area contributed by atoms with Gasteiger partial charge in [0.25, 0.3) is 5.92 Å². The van der Waals surface area contributed by atoms with Crippen molar-refractivity contribution in [2.75, 3.05) is 26.2 Å². The maximum atomic E-state index is 13.6. The quantitative estimate of drug-likeness (QED) is 0.408. The molecule has 5 nitrogen and oxygen atoms in total. The number of benzene rings is 1. The Morgan fingerprint density at radius 2 is 2.03 bits per heavy atom. The molecule has 0 radical (unpaired) electrons. The van der Waals surface area contributed by atoms with Gasteiger partial charge in [-0.25, -0.2) is 8.78 Å². The Morgan fingerprint density at radius 3 is 2.78 bits per heavy atom. The van der Waals surface area contributed by atoms with Crippen LogP contribution in [0.15, 0.2) is 24.3 Å². The van der Waals surface area contributed by atoms with Crippen molar-refractivity contribution in [1.29, 1.82) is 0 Å². The number of esters is 1. The van der Waals surface area contributed by atoms with Crippen LogP contribution in [0.4, 0.5) is 8.78 Å². The van der Waals surface area contributed by atoms with Crippen LogP contribution in [0.25, 0.3) is 10.9 Å². The molecule has 1 fully saturated rings. The Kier molecular flexibility index (Phi) is 6.93. The number of likely N-dealkylation sites (tertiary alicyclic amines) is 1. The molecular weight excluding hydrogens is 414 g/mol. The molecule has 32 heavy (non-hydrogen) atoms. The number of aryl methyl sites for hydroxylation is 1. The lowest BCUT2D eigenvalue weighted by Gasteiger charge is -2.27. The summed E-state index contributed by atoms with van der Waals surface area (Å²) in [4.78, 5) is 26.7. The first-order valence-corrected chi connectivity index (χ1v) is 11.8. The van der Waals surface area contributed by atoms with E-state index in [4.69, 9.17) is 4.74 Å². The van der Waals surface area contributed by atoms with Crippen LogP contribution >= 0.6 is 0 Å². The smallest absolute Gasteiger partial charge is 0.305 e. The molecule has 4 rings (SSSR count). The predicted molar refractivity (Wildman–Crippen MR) is 119 cm³/mol. The zero-order chi connectivity index (χ0) is 22.7. The largest absolute Gasteiger partial charge is 0.466 e. The number of ether oxygens (including phenoxy) is 1. The molecule has 1 atom stereocenters. The van der Waals surface area contributed by atoms with Gasteiger partial charge in [-0.3, -0.25) is 14.5 Å². The van der Waals surface area contributed by atoms with Crippen LogP contribution in [0.2, 0.25) is 0 Å². The van der Waals surface area contributed by atoms with E-state index >= 15 is 0 Å². The Bertz CT molecular complexity index is 985. The Labute approximate surface area is 187 Å². The highest BCUT2D eigenvalue weighted by Crippen LogP contribution is 2.36. The summed E-state index contributed by atoms with van der Waals surface area (Å²) < 4.78 is 34.4. The van der Waals surface area contributed by atoms with E-state index in [9.17, 15) is 18.4 Å². The number of hydrogen-bond acceptors (Lipinski definition) is 4. The summed E-state index contributed by atoms with van der Waals surface area (Å²) >= 11 is 0. The van der Waals surface area contributed by atoms with Crippen molar-refractivity contribution in [2.24, 2.45) is 5.92 Å². The lowest BCUT2D eigenvalue weighted by atomic mass is 9.84. The molecule has 2 heterocycles. The maximum absolute atomic E-state index is 13.6. The molecule has 0 amide bonds. The summed E-state index contributed by atoms with van der Waals surface area (Å²) in [5, 5.41) is 0.968. The molecule has 2 aromatic rings. The number of para-hydroxylation sites is 1. The van der Waals surface area contributed by atoms with Gasteiger partial charge < -0.3 is 9.30 Å². The molecular formula is C25H32F2N2O3. The predicted octanol–water partition coefficient (Wildman–Crippen LogP) is 4.85. The fourth-order valence-electron chi connectivity index (χ4n) is 5.19. The minimum absolute atomic E-state index is 0.0960. The Balaban J connectivity index is 1.45. The van der Waals surface area contributed by atoms with E-state index in [1.807, 2.05) is 25.1 Å². The van der Waals surface area contributed by atoms with E-state index in [1.54, 1.807) is 4.90 Å². The van der Waals surface area contributed by atoms with Gasteiger partial charge in [-0.1, -0.05) is 24.6 Å². The van der Waals surface area contributed by atoms with Crippen molar-refractivity contribution in [3.8, 4) is 0 Å². The first-order valence-electron chi connectivity index (χ1n) is 11.8. The van der Waals surface area contributed by atoms with Crippen LogP contribution in [-0.2, 0) is 22.5 Å². The van der Waals surface area contributed by atoms with Gasteiger partial charge in [-0.2, -0.15) is 0 Å². The van der Waals surface area contributed by atoms with Crippen molar-refractivity contribution in [2.45, 2.75) is 64.3 Å². The fraction of sp³-hybridized carbons (Fsp3) is 0.600. The summed E-state index contributed by atoms with van der Waals surface area (Å²) in [6, 6.07) is 7.98. The molecule has 0 spiro atoms. The van der Waals surface area contributed by atoms with E-state index < -0.39 is 5.92 Å². The van der Waals surface area contributed by atoms with Crippen LogP contribution in [0.1, 0.15) is 61.5 Å². The Hall–Kier alpha value is -2.28. The lowest BCUT2D eigenvalue weighted by Crippen LogP contribution is -2.36. The van der Waals surface area contributed by atoms with E-state index in [0.29, 0.717) is 32.5 Å². The van der Waals surface area contributed by atoms with E-state index in [2.05, 4.69) is 10.6 Å². The number of fused-ring (bicyclic) bond motifs is 3. The number of carbonyl (C=O) groups excluding carboxylic acids is 2. The number of alkyl halides is 2. The molecule has 1 aliphatic heterocycles. The molecule has 0 saturated carbocycles. The number of aromatic nitrogens is 1. The highest BCUT2D eigenvalue weighted by molar-refractivity contribution is 6.11. The van der Waals surface area contributed by atoms with Crippen LogP contribution < -0.4 is 0 Å². The third kappa shape index (κ3) is 4.87. The van der Waals surface area contributed by atoms with Gasteiger partial charge in [0.1, 0.15) is 0 Å². The molecule has 174 valence electrons. The average Bonchev–Trinajstić information content (AvgIpc) is 3.27. The molecule has 0 N–H and O–H groups in total. The monoisotopic (exact) mass is 446 g/mol. The third-order valence-corrected chi connectivity index (χ3v) is 6.72. The second-order valence-electron chi connectivity index (χ2n) is 9.05. The number of halogens is 2. The maximum Gasteiger partial charge on any atom is 0.305 e. The topological polar surface area (TPSA) is 51.5 Å². The van der Waals surface area contributed by atoms with Gasteiger partial charge in [0, 0.05) is 60.6 Å². The number of nitrogens with zero attached hydrogens (tertiary/aromatic N) is 2. The van der Waals surface area contributed by atoms with Crippen molar-refractivity contribution in [1.82, 2.24) is 9.47 Å². The molecule has 0 bridgehead atoms. The van der Waals surface area contributed by atoms with E-state index in [1.165, 1.54) is 0 Å². The van der Waals surface area contributed by atoms with Gasteiger partial charge in [-0.15, -0.1) is 0 Å². The number of hydrogen-bond donors (Lipinski definition) is 0. The lowest BCUT2D eigenvalue weighted by molar-refractivity contribution is -0.143. The van der Waals surface area contributed by atoms with Crippen molar-refractivity contribution in [3.05, 3.63) is 35.5 Å². The molecule has 1 saturated heterocycles. The minimum atomic E-state index is -2.63. The van der Waals surface area contributed by atoms with E-state index in [-0.39, 0.29) is 30.6 Å². The first-order chi connectivity index (χ1) is 15.4. The first kappa shape index (κ1) is 22.9. The van der Waals surface area contributed by atoms with Gasteiger partial charge in [0.2, 0.25) is 0 Å². The van der Waals surface area contributed by atoms with Crippen LogP contribution in [-0.4, -0.2) is 53.4 Å². The second kappa shape index (κ2) is 9.69. The number of Topliss-reactive ketones (excluding diaryl/α,β-unsaturated/α-hetero) is 1. The highest BCUT2D eigenvalue weighted by Gasteiger charge is 2.41. The second-order valence-corrected chi connectivity index (χ2v) is 9.05. The molecule has 7 heteroatoms. The highest BCUT2D eigenvalue weighted by atomic mass is 19.3. The summed E-state index contributed by atoms with van der Waals surface area (Å²) in [6.45, 7) is 3.56. The van der Waals surface area contributed by atoms with Crippen molar-refractivity contribution < 1.29 is 23.1 Å². The number of unbranched alkanes of at least 4 members (excludes halogenated alkanes) is 2. The molecule has 1 aliphatic carbocycles.